The van der Waals surface area contributed by atoms with Gasteiger partial charge in [-0.05, 0) is 32.9 Å². The van der Waals surface area contributed by atoms with Gasteiger partial charge in [0.15, 0.2) is 30.0 Å². The minimum absolute atomic E-state index is 0.00283. The number of piperazine rings is 1. The zero-order valence-corrected chi connectivity index (χ0v) is 15.8. The summed E-state index contributed by atoms with van der Waals surface area (Å²) in [6.45, 7) is 8.75. The maximum absolute atomic E-state index is 13.7. The minimum atomic E-state index is -1.61. The molecule has 27 heavy (non-hydrogen) atoms. The zero-order chi connectivity index (χ0) is 20.1. The topological polar surface area (TPSA) is 67.1 Å². The Labute approximate surface area is 156 Å². The molecular formula is C18H27F3N4O2+2. The first kappa shape index (κ1) is 21.2. The summed E-state index contributed by atoms with van der Waals surface area (Å²) in [6, 6.07) is 1.40. The second-order valence-corrected chi connectivity index (χ2v) is 7.24. The van der Waals surface area contributed by atoms with Gasteiger partial charge in [0.05, 0.1) is 5.69 Å². The Morgan fingerprint density at radius 1 is 1.04 bits per heavy atom. The van der Waals surface area contributed by atoms with Crippen molar-refractivity contribution in [2.75, 3.05) is 38.0 Å². The highest BCUT2D eigenvalue weighted by Crippen LogP contribution is 2.19. The normalized spacial score (nSPS) is 21.0. The maximum atomic E-state index is 13.7. The fourth-order valence-electron chi connectivity index (χ4n) is 3.18. The Morgan fingerprint density at radius 3 is 2.26 bits per heavy atom. The van der Waals surface area contributed by atoms with Gasteiger partial charge in [-0.3, -0.25) is 9.59 Å². The van der Waals surface area contributed by atoms with Crippen molar-refractivity contribution in [3.05, 3.63) is 29.6 Å². The number of nitrogens with one attached hydrogen (secondary N) is 4. The van der Waals surface area contributed by atoms with Crippen molar-refractivity contribution in [2.45, 2.75) is 32.9 Å². The third-order valence-corrected chi connectivity index (χ3v) is 4.76. The van der Waals surface area contributed by atoms with Crippen LogP contribution in [0.25, 0.3) is 0 Å². The van der Waals surface area contributed by atoms with Crippen molar-refractivity contribution in [3.63, 3.8) is 0 Å². The highest BCUT2D eigenvalue weighted by atomic mass is 19.2. The number of carbonyl (C=O) groups is 2. The summed E-state index contributed by atoms with van der Waals surface area (Å²) in [6.07, 6.45) is 0. The van der Waals surface area contributed by atoms with E-state index in [1.165, 1.54) is 0 Å². The average molecular weight is 388 g/mol. The van der Waals surface area contributed by atoms with Gasteiger partial charge >= 0.3 is 0 Å². The molecule has 1 atom stereocenters. The lowest BCUT2D eigenvalue weighted by molar-refractivity contribution is -1.01. The van der Waals surface area contributed by atoms with Gasteiger partial charge < -0.3 is 20.4 Å². The van der Waals surface area contributed by atoms with Gasteiger partial charge in [0.25, 0.3) is 11.8 Å². The highest BCUT2D eigenvalue weighted by Gasteiger charge is 2.32. The second-order valence-electron chi connectivity index (χ2n) is 7.24. The molecule has 9 heteroatoms. The third kappa shape index (κ3) is 5.67. The molecule has 0 radical (unpaired) electrons. The van der Waals surface area contributed by atoms with Crippen LogP contribution in [-0.4, -0.2) is 56.6 Å². The summed E-state index contributed by atoms with van der Waals surface area (Å²) in [5.74, 6) is -4.77. The van der Waals surface area contributed by atoms with Crippen LogP contribution in [0.2, 0.25) is 0 Å². The van der Waals surface area contributed by atoms with E-state index in [9.17, 15) is 22.8 Å². The van der Waals surface area contributed by atoms with E-state index in [2.05, 4.69) is 10.6 Å². The number of hydrogen-bond acceptors (Lipinski definition) is 2. The Balaban J connectivity index is 1.86. The van der Waals surface area contributed by atoms with Crippen molar-refractivity contribution in [2.24, 2.45) is 0 Å². The van der Waals surface area contributed by atoms with Crippen LogP contribution in [0.5, 0.6) is 0 Å². The number of anilines is 1. The zero-order valence-electron chi connectivity index (χ0n) is 15.8. The van der Waals surface area contributed by atoms with Crippen LogP contribution < -0.4 is 20.4 Å². The second kappa shape index (κ2) is 9.18. The fraction of sp³-hybridized carbons (Fsp3) is 0.556. The molecule has 0 aliphatic carbocycles. The molecule has 1 saturated heterocycles. The number of carbonyl (C=O) groups excluding carboxylic acids is 2. The number of quaternary nitrogens is 2. The first-order chi connectivity index (χ1) is 12.7. The Hall–Kier alpha value is -2.13. The first-order valence-corrected chi connectivity index (χ1v) is 9.11. The summed E-state index contributed by atoms with van der Waals surface area (Å²) in [5, 5.41) is 5.19. The molecule has 6 nitrogen and oxygen atoms in total. The van der Waals surface area contributed by atoms with Gasteiger partial charge in [-0.25, -0.2) is 13.2 Å². The standard InChI is InChI=1S/C18H25F3N4O2/c1-11(2)22-15(26)10-24-6-8-25(9-7-24)12(3)18(27)23-14-5-4-13(19)16(20)17(14)21/h4-5,11-12H,6-10H2,1-3H3,(H,22,26)(H,23,27)/p+2/t12-/m1/s1. The van der Waals surface area contributed by atoms with Gasteiger partial charge in [-0.15, -0.1) is 0 Å². The van der Waals surface area contributed by atoms with E-state index in [0.29, 0.717) is 19.6 Å². The van der Waals surface area contributed by atoms with Crippen molar-refractivity contribution >= 4 is 17.5 Å². The number of rotatable bonds is 6. The molecule has 1 fully saturated rings. The summed E-state index contributed by atoms with van der Waals surface area (Å²) in [4.78, 5) is 26.3. The van der Waals surface area contributed by atoms with Crippen LogP contribution in [-0.2, 0) is 9.59 Å². The van der Waals surface area contributed by atoms with E-state index in [1.54, 1.807) is 6.92 Å². The lowest BCUT2D eigenvalue weighted by atomic mass is 10.2. The molecule has 1 aromatic carbocycles. The average Bonchev–Trinajstić information content (AvgIpc) is 2.61. The molecule has 150 valence electrons. The molecule has 1 heterocycles. The molecule has 0 spiro atoms. The molecular weight excluding hydrogens is 361 g/mol. The summed E-state index contributed by atoms with van der Waals surface area (Å²) in [7, 11) is 0. The largest absolute Gasteiger partial charge is 0.349 e. The molecule has 1 aromatic rings. The van der Waals surface area contributed by atoms with Gasteiger partial charge in [0.1, 0.15) is 26.2 Å². The Bertz CT molecular complexity index is 691. The molecule has 0 saturated carbocycles. The molecule has 1 aliphatic rings. The SMILES string of the molecule is CC(C)NC(=O)C[NH+]1CC[NH+]([C@H](C)C(=O)Nc2ccc(F)c(F)c2F)CC1. The predicted octanol–water partition coefficient (Wildman–Crippen LogP) is -1.26. The molecule has 1 aliphatic heterocycles. The fourth-order valence-corrected chi connectivity index (χ4v) is 3.18. The summed E-state index contributed by atoms with van der Waals surface area (Å²) >= 11 is 0. The van der Waals surface area contributed by atoms with Crippen molar-refractivity contribution in [1.82, 2.24) is 5.32 Å². The number of halogens is 3. The van der Waals surface area contributed by atoms with Crippen LogP contribution in [0.4, 0.5) is 18.9 Å². The lowest BCUT2D eigenvalue weighted by Crippen LogP contribution is -3.30. The van der Waals surface area contributed by atoms with Crippen LogP contribution in [0.1, 0.15) is 20.8 Å². The third-order valence-electron chi connectivity index (χ3n) is 4.76. The number of benzene rings is 1. The van der Waals surface area contributed by atoms with E-state index in [4.69, 9.17) is 0 Å². The van der Waals surface area contributed by atoms with E-state index in [1.807, 2.05) is 13.8 Å². The van der Waals surface area contributed by atoms with Crippen LogP contribution in [0.3, 0.4) is 0 Å². The number of amides is 2. The van der Waals surface area contributed by atoms with Crippen molar-refractivity contribution in [3.8, 4) is 0 Å². The highest BCUT2D eigenvalue weighted by molar-refractivity contribution is 5.93. The Kier molecular flexibility index (Phi) is 7.20. The minimum Gasteiger partial charge on any atom is -0.349 e. The van der Waals surface area contributed by atoms with Crippen molar-refractivity contribution < 1.29 is 32.6 Å². The van der Waals surface area contributed by atoms with Crippen LogP contribution >= 0.6 is 0 Å². The van der Waals surface area contributed by atoms with E-state index in [-0.39, 0.29) is 17.6 Å². The molecule has 2 amide bonds. The van der Waals surface area contributed by atoms with E-state index >= 15 is 0 Å². The lowest BCUT2D eigenvalue weighted by Gasteiger charge is -2.32. The van der Waals surface area contributed by atoms with Gasteiger partial charge in [-0.1, -0.05) is 0 Å². The molecule has 0 unspecified atom stereocenters. The maximum Gasteiger partial charge on any atom is 0.282 e. The number of hydrogen-bond donors (Lipinski definition) is 4. The van der Waals surface area contributed by atoms with Crippen LogP contribution in [0, 0.1) is 17.5 Å². The molecule has 4 N–H and O–H groups in total. The van der Waals surface area contributed by atoms with Crippen LogP contribution in [0.15, 0.2) is 12.1 Å². The molecule has 0 bridgehead atoms. The van der Waals surface area contributed by atoms with Crippen molar-refractivity contribution in [1.29, 1.82) is 0 Å². The summed E-state index contributed by atoms with van der Waals surface area (Å²) < 4.78 is 40.0. The molecule has 0 aromatic heterocycles. The quantitative estimate of drug-likeness (QED) is 0.460. The van der Waals surface area contributed by atoms with Gasteiger partial charge in [0.2, 0.25) is 0 Å². The van der Waals surface area contributed by atoms with Gasteiger partial charge in [-0.2, -0.15) is 0 Å². The first-order valence-electron chi connectivity index (χ1n) is 9.11. The van der Waals surface area contributed by atoms with Gasteiger partial charge in [0, 0.05) is 6.04 Å². The van der Waals surface area contributed by atoms with E-state index in [0.717, 1.165) is 35.0 Å². The monoisotopic (exact) mass is 388 g/mol. The predicted molar refractivity (Wildman–Crippen MR) is 93.9 cm³/mol. The molecule has 2 rings (SSSR count). The smallest absolute Gasteiger partial charge is 0.282 e. The van der Waals surface area contributed by atoms with E-state index < -0.39 is 29.4 Å². The summed E-state index contributed by atoms with van der Waals surface area (Å²) in [5.41, 5.74) is -0.375. The Morgan fingerprint density at radius 2 is 1.67 bits per heavy atom.